The van der Waals surface area contributed by atoms with Gasteiger partial charge in [0, 0.05) is 33.1 Å². The number of carbonyl (C=O) groups is 2. The van der Waals surface area contributed by atoms with Crippen molar-refractivity contribution in [3.63, 3.8) is 0 Å². The molecular formula is C18H27N3O3. The molecule has 1 unspecified atom stereocenters. The molecule has 1 aliphatic heterocycles. The highest BCUT2D eigenvalue weighted by Gasteiger charge is 2.25. The highest BCUT2D eigenvalue weighted by atomic mass is 16.3. The Labute approximate surface area is 143 Å². The standard InChI is InChI=1S/C18H27N3O3/c1-14-5-3-6-16(11-14)7-4-8-19-18(24)21-10-9-20(15(2)22)12-17(23)13-21/h3,5-6,11,17,23H,4,7-10,12-13H2,1-2H3,(H,19,24). The van der Waals surface area contributed by atoms with Gasteiger partial charge >= 0.3 is 6.03 Å². The molecular weight excluding hydrogens is 306 g/mol. The minimum Gasteiger partial charge on any atom is -0.389 e. The number of β-amino-alcohol motifs (C(OH)–C–C–N with tert-alkyl or cyclic N) is 1. The summed E-state index contributed by atoms with van der Waals surface area (Å²) in [6.07, 6.45) is 1.09. The third-order valence-electron chi connectivity index (χ3n) is 4.24. The van der Waals surface area contributed by atoms with E-state index in [1.54, 1.807) is 9.80 Å². The lowest BCUT2D eigenvalue weighted by Crippen LogP contribution is -2.44. The molecule has 24 heavy (non-hydrogen) atoms. The third kappa shape index (κ3) is 5.53. The third-order valence-corrected chi connectivity index (χ3v) is 4.24. The highest BCUT2D eigenvalue weighted by Crippen LogP contribution is 2.07. The average molecular weight is 333 g/mol. The second kappa shape index (κ2) is 8.68. The smallest absolute Gasteiger partial charge is 0.317 e. The molecule has 1 heterocycles. The number of nitrogens with one attached hydrogen (secondary N) is 1. The Morgan fingerprint density at radius 3 is 2.67 bits per heavy atom. The van der Waals surface area contributed by atoms with Crippen molar-refractivity contribution in [2.45, 2.75) is 32.8 Å². The van der Waals surface area contributed by atoms with Crippen molar-refractivity contribution in [3.05, 3.63) is 35.4 Å². The molecule has 2 N–H and O–H groups in total. The second-order valence-corrected chi connectivity index (χ2v) is 6.39. The Morgan fingerprint density at radius 1 is 1.25 bits per heavy atom. The van der Waals surface area contributed by atoms with Crippen LogP contribution in [0.4, 0.5) is 4.79 Å². The summed E-state index contributed by atoms with van der Waals surface area (Å²) in [5.74, 6) is -0.0746. The number of hydrogen-bond donors (Lipinski definition) is 2. The van der Waals surface area contributed by atoms with Crippen LogP contribution < -0.4 is 5.32 Å². The number of benzene rings is 1. The molecule has 6 nitrogen and oxygen atoms in total. The van der Waals surface area contributed by atoms with Gasteiger partial charge in [-0.3, -0.25) is 4.79 Å². The normalized spacial score (nSPS) is 18.2. The highest BCUT2D eigenvalue weighted by molar-refractivity contribution is 5.75. The van der Waals surface area contributed by atoms with Crippen LogP contribution in [0.2, 0.25) is 0 Å². The number of amides is 3. The Morgan fingerprint density at radius 2 is 1.96 bits per heavy atom. The Kier molecular flexibility index (Phi) is 6.61. The summed E-state index contributed by atoms with van der Waals surface area (Å²) in [4.78, 5) is 26.8. The number of aliphatic hydroxyl groups excluding tert-OH is 1. The number of urea groups is 1. The van der Waals surface area contributed by atoms with E-state index < -0.39 is 6.10 Å². The molecule has 0 radical (unpaired) electrons. The van der Waals surface area contributed by atoms with Crippen LogP contribution in [-0.4, -0.2) is 65.7 Å². The number of hydrogen-bond acceptors (Lipinski definition) is 3. The number of aliphatic hydroxyl groups is 1. The predicted molar refractivity (Wildman–Crippen MR) is 92.7 cm³/mol. The van der Waals surface area contributed by atoms with E-state index in [9.17, 15) is 14.7 Å². The lowest BCUT2D eigenvalue weighted by molar-refractivity contribution is -0.129. The monoisotopic (exact) mass is 333 g/mol. The minimum absolute atomic E-state index is 0.0746. The number of nitrogens with zero attached hydrogens (tertiary/aromatic N) is 2. The Hall–Kier alpha value is -2.08. The maximum absolute atomic E-state index is 12.2. The molecule has 1 aromatic rings. The molecule has 1 saturated heterocycles. The first-order chi connectivity index (χ1) is 11.5. The van der Waals surface area contributed by atoms with E-state index >= 15 is 0 Å². The molecule has 0 aliphatic carbocycles. The second-order valence-electron chi connectivity index (χ2n) is 6.39. The number of rotatable bonds is 4. The molecule has 6 heteroatoms. The van der Waals surface area contributed by atoms with Gasteiger partial charge in [-0.05, 0) is 25.3 Å². The van der Waals surface area contributed by atoms with E-state index in [1.165, 1.54) is 18.1 Å². The zero-order chi connectivity index (χ0) is 17.5. The molecule has 0 spiro atoms. The quantitative estimate of drug-likeness (QED) is 0.812. The summed E-state index contributed by atoms with van der Waals surface area (Å²) >= 11 is 0. The van der Waals surface area contributed by atoms with Crippen molar-refractivity contribution in [2.24, 2.45) is 0 Å². The van der Waals surface area contributed by atoms with Gasteiger partial charge in [0.05, 0.1) is 12.6 Å². The van der Waals surface area contributed by atoms with Gasteiger partial charge in [-0.25, -0.2) is 4.79 Å². The van der Waals surface area contributed by atoms with Crippen LogP contribution in [-0.2, 0) is 11.2 Å². The summed E-state index contributed by atoms with van der Waals surface area (Å²) in [6.45, 7) is 5.59. The first-order valence-electron chi connectivity index (χ1n) is 8.47. The fraction of sp³-hybridized carbons (Fsp3) is 0.556. The van der Waals surface area contributed by atoms with Crippen LogP contribution in [0, 0.1) is 6.92 Å². The molecule has 1 fully saturated rings. The summed E-state index contributed by atoms with van der Waals surface area (Å²) in [5, 5.41) is 12.9. The van der Waals surface area contributed by atoms with Gasteiger partial charge in [-0.15, -0.1) is 0 Å². The van der Waals surface area contributed by atoms with Crippen molar-refractivity contribution in [3.8, 4) is 0 Å². The SMILES string of the molecule is CC(=O)N1CCN(C(=O)NCCCc2cccc(C)c2)CC(O)C1. The topological polar surface area (TPSA) is 72.9 Å². The van der Waals surface area contributed by atoms with Gasteiger partial charge in [0.25, 0.3) is 0 Å². The molecule has 0 bridgehead atoms. The molecule has 0 saturated carbocycles. The fourth-order valence-corrected chi connectivity index (χ4v) is 2.93. The molecule has 0 aromatic heterocycles. The van der Waals surface area contributed by atoms with Crippen molar-refractivity contribution in [1.29, 1.82) is 0 Å². The Balaban J connectivity index is 1.74. The van der Waals surface area contributed by atoms with E-state index in [0.717, 1.165) is 12.8 Å². The van der Waals surface area contributed by atoms with E-state index in [-0.39, 0.29) is 25.0 Å². The summed E-state index contributed by atoms with van der Waals surface area (Å²) < 4.78 is 0. The summed E-state index contributed by atoms with van der Waals surface area (Å²) in [7, 11) is 0. The summed E-state index contributed by atoms with van der Waals surface area (Å²) in [5.41, 5.74) is 2.51. The Bertz CT molecular complexity index is 576. The van der Waals surface area contributed by atoms with E-state index in [1.807, 2.05) is 6.07 Å². The van der Waals surface area contributed by atoms with Gasteiger partial charge in [0.15, 0.2) is 0 Å². The largest absolute Gasteiger partial charge is 0.389 e. The van der Waals surface area contributed by atoms with Crippen LogP contribution in [0.1, 0.15) is 24.5 Å². The number of carbonyl (C=O) groups excluding carboxylic acids is 2. The zero-order valence-corrected chi connectivity index (χ0v) is 14.5. The molecule has 132 valence electrons. The van der Waals surface area contributed by atoms with Crippen molar-refractivity contribution >= 4 is 11.9 Å². The van der Waals surface area contributed by atoms with Gasteiger partial charge in [-0.2, -0.15) is 0 Å². The van der Waals surface area contributed by atoms with E-state index in [4.69, 9.17) is 0 Å². The maximum atomic E-state index is 12.2. The molecule has 2 rings (SSSR count). The van der Waals surface area contributed by atoms with Crippen LogP contribution in [0.25, 0.3) is 0 Å². The van der Waals surface area contributed by atoms with Crippen molar-refractivity contribution in [2.75, 3.05) is 32.7 Å². The maximum Gasteiger partial charge on any atom is 0.317 e. The summed E-state index contributed by atoms with van der Waals surface area (Å²) in [6, 6.07) is 8.19. The van der Waals surface area contributed by atoms with E-state index in [2.05, 4.69) is 30.4 Å². The average Bonchev–Trinajstić information content (AvgIpc) is 2.73. The lowest BCUT2D eigenvalue weighted by atomic mass is 10.1. The molecule has 1 aromatic carbocycles. The molecule has 3 amide bonds. The van der Waals surface area contributed by atoms with Crippen LogP contribution in [0.15, 0.2) is 24.3 Å². The van der Waals surface area contributed by atoms with Gasteiger partial charge in [-0.1, -0.05) is 29.8 Å². The van der Waals surface area contributed by atoms with Crippen LogP contribution in [0.5, 0.6) is 0 Å². The fourth-order valence-electron chi connectivity index (χ4n) is 2.93. The first-order valence-corrected chi connectivity index (χ1v) is 8.47. The predicted octanol–water partition coefficient (Wildman–Crippen LogP) is 1.16. The van der Waals surface area contributed by atoms with Gasteiger partial charge < -0.3 is 20.2 Å². The van der Waals surface area contributed by atoms with Crippen LogP contribution >= 0.6 is 0 Å². The molecule has 1 aliphatic rings. The van der Waals surface area contributed by atoms with Crippen molar-refractivity contribution in [1.82, 2.24) is 15.1 Å². The zero-order valence-electron chi connectivity index (χ0n) is 14.5. The number of aryl methyl sites for hydroxylation is 2. The lowest BCUT2D eigenvalue weighted by Gasteiger charge is -2.22. The first kappa shape index (κ1) is 18.3. The van der Waals surface area contributed by atoms with Gasteiger partial charge in [0.1, 0.15) is 0 Å². The van der Waals surface area contributed by atoms with Gasteiger partial charge in [0.2, 0.25) is 5.91 Å². The minimum atomic E-state index is -0.700. The molecule has 1 atom stereocenters. The van der Waals surface area contributed by atoms with Crippen LogP contribution in [0.3, 0.4) is 0 Å². The van der Waals surface area contributed by atoms with Crippen molar-refractivity contribution < 1.29 is 14.7 Å². The van der Waals surface area contributed by atoms with E-state index in [0.29, 0.717) is 19.6 Å².